The van der Waals surface area contributed by atoms with Gasteiger partial charge in [0.1, 0.15) is 5.82 Å². The molecule has 19 heavy (non-hydrogen) atoms. The number of rotatable bonds is 5. The van der Waals surface area contributed by atoms with Gasteiger partial charge in [-0.3, -0.25) is 4.90 Å². The zero-order valence-corrected chi connectivity index (χ0v) is 11.1. The van der Waals surface area contributed by atoms with E-state index in [1.54, 1.807) is 6.07 Å². The Kier molecular flexibility index (Phi) is 4.87. The smallest absolute Gasteiger partial charge is 0.123 e. The number of β-amino-alcohol motifs (C(OH)–C–C–N with tert-alkyl or cyclic N) is 2. The fraction of sp³-hybridized carbons (Fsp3) is 0.571. The Bertz CT molecular complexity index is 406. The van der Waals surface area contributed by atoms with E-state index >= 15 is 0 Å². The first-order valence-corrected chi connectivity index (χ1v) is 6.61. The van der Waals surface area contributed by atoms with E-state index in [-0.39, 0.29) is 11.9 Å². The summed E-state index contributed by atoms with van der Waals surface area (Å²) in [6, 6.07) is 6.65. The van der Waals surface area contributed by atoms with Crippen molar-refractivity contribution in [1.82, 2.24) is 10.2 Å². The van der Waals surface area contributed by atoms with Crippen LogP contribution in [0.3, 0.4) is 0 Å². The van der Waals surface area contributed by atoms with Crippen molar-refractivity contribution in [2.24, 2.45) is 0 Å². The molecule has 1 aliphatic heterocycles. The molecule has 0 radical (unpaired) electrons. The molecule has 0 amide bonds. The summed E-state index contributed by atoms with van der Waals surface area (Å²) < 4.78 is 13.2. The van der Waals surface area contributed by atoms with E-state index in [9.17, 15) is 14.6 Å². The number of hydrogen-bond acceptors (Lipinski definition) is 4. The van der Waals surface area contributed by atoms with E-state index in [0.717, 1.165) is 18.5 Å². The van der Waals surface area contributed by atoms with Crippen LogP contribution in [0.1, 0.15) is 18.0 Å². The second kappa shape index (κ2) is 6.43. The molecular weight excluding hydrogens is 247 g/mol. The summed E-state index contributed by atoms with van der Waals surface area (Å²) in [4.78, 5) is 2.03. The highest BCUT2D eigenvalue weighted by Crippen LogP contribution is 2.19. The number of hydrogen-bond donors (Lipinski definition) is 3. The van der Waals surface area contributed by atoms with Gasteiger partial charge in [-0.25, -0.2) is 4.39 Å². The van der Waals surface area contributed by atoms with E-state index in [1.165, 1.54) is 12.1 Å². The predicted octanol–water partition coefficient (Wildman–Crippen LogP) is 0.514. The molecule has 0 saturated carbocycles. The maximum absolute atomic E-state index is 13.2. The molecule has 1 aliphatic rings. The van der Waals surface area contributed by atoms with E-state index < -0.39 is 12.2 Å². The third-order valence-electron chi connectivity index (χ3n) is 3.67. The number of benzene rings is 1. The molecule has 106 valence electrons. The van der Waals surface area contributed by atoms with Crippen LogP contribution < -0.4 is 5.32 Å². The lowest BCUT2D eigenvalue weighted by Crippen LogP contribution is -2.27. The van der Waals surface area contributed by atoms with Crippen molar-refractivity contribution in [3.8, 4) is 0 Å². The minimum Gasteiger partial charge on any atom is -0.389 e. The highest BCUT2D eigenvalue weighted by Gasteiger charge is 2.29. The van der Waals surface area contributed by atoms with Gasteiger partial charge >= 0.3 is 0 Å². The fourth-order valence-corrected chi connectivity index (χ4v) is 2.54. The predicted molar refractivity (Wildman–Crippen MR) is 71.3 cm³/mol. The Morgan fingerprint density at radius 3 is 2.63 bits per heavy atom. The molecule has 4 nitrogen and oxygen atoms in total. The van der Waals surface area contributed by atoms with Crippen molar-refractivity contribution >= 4 is 0 Å². The van der Waals surface area contributed by atoms with Gasteiger partial charge in [-0.2, -0.15) is 0 Å². The third kappa shape index (κ3) is 3.73. The summed E-state index contributed by atoms with van der Waals surface area (Å²) in [6.07, 6.45) is -0.497. The molecule has 1 heterocycles. The van der Waals surface area contributed by atoms with Gasteiger partial charge in [0.25, 0.3) is 0 Å². The molecule has 3 atom stereocenters. The molecular formula is C14H21FN2O2. The lowest BCUT2D eigenvalue weighted by Gasteiger charge is -2.21. The Morgan fingerprint density at radius 1 is 1.37 bits per heavy atom. The largest absolute Gasteiger partial charge is 0.389 e. The first-order valence-electron chi connectivity index (χ1n) is 6.61. The average Bonchev–Trinajstić information content (AvgIpc) is 2.70. The monoisotopic (exact) mass is 268 g/mol. The second-order valence-corrected chi connectivity index (χ2v) is 5.08. The van der Waals surface area contributed by atoms with Crippen LogP contribution in [0.15, 0.2) is 24.3 Å². The molecule has 1 saturated heterocycles. The van der Waals surface area contributed by atoms with E-state index in [1.807, 2.05) is 18.0 Å². The zero-order chi connectivity index (χ0) is 13.8. The summed E-state index contributed by atoms with van der Waals surface area (Å²) >= 11 is 0. The van der Waals surface area contributed by atoms with E-state index in [0.29, 0.717) is 13.1 Å². The molecule has 0 aliphatic carbocycles. The van der Waals surface area contributed by atoms with Crippen molar-refractivity contribution in [1.29, 1.82) is 0 Å². The first-order chi connectivity index (χ1) is 9.10. The molecule has 1 fully saturated rings. The molecule has 3 unspecified atom stereocenters. The SMILES string of the molecule is CNC(CCN1CC(O)C(O)C1)c1cccc(F)c1. The van der Waals surface area contributed by atoms with Gasteiger partial charge in [0.2, 0.25) is 0 Å². The normalized spacial score (nSPS) is 25.7. The minimum atomic E-state index is -0.651. The van der Waals surface area contributed by atoms with Crippen LogP contribution >= 0.6 is 0 Å². The Labute approximate surface area is 112 Å². The molecule has 0 spiro atoms. The van der Waals surface area contributed by atoms with Gasteiger partial charge in [-0.05, 0) is 31.2 Å². The van der Waals surface area contributed by atoms with Gasteiger partial charge in [-0.15, -0.1) is 0 Å². The lowest BCUT2D eigenvalue weighted by molar-refractivity contribution is 0.0572. The first kappa shape index (κ1) is 14.4. The topological polar surface area (TPSA) is 55.7 Å². The fourth-order valence-electron chi connectivity index (χ4n) is 2.54. The number of likely N-dealkylation sites (tertiary alicyclic amines) is 1. The lowest BCUT2D eigenvalue weighted by atomic mass is 10.0. The van der Waals surface area contributed by atoms with Crippen LogP contribution in [-0.4, -0.2) is 54.0 Å². The third-order valence-corrected chi connectivity index (χ3v) is 3.67. The summed E-state index contributed by atoms with van der Waals surface area (Å²) in [6.45, 7) is 1.76. The standard InChI is InChI=1S/C14H21FN2O2/c1-16-12(10-3-2-4-11(15)7-10)5-6-17-8-13(18)14(19)9-17/h2-4,7,12-14,16,18-19H,5-6,8-9H2,1H3. The van der Waals surface area contributed by atoms with Crippen LogP contribution in [0, 0.1) is 5.82 Å². The van der Waals surface area contributed by atoms with Crippen molar-refractivity contribution < 1.29 is 14.6 Å². The van der Waals surface area contributed by atoms with Gasteiger partial charge in [-0.1, -0.05) is 12.1 Å². The van der Waals surface area contributed by atoms with Crippen molar-refractivity contribution in [3.05, 3.63) is 35.6 Å². The van der Waals surface area contributed by atoms with Gasteiger partial charge < -0.3 is 15.5 Å². The van der Waals surface area contributed by atoms with E-state index in [2.05, 4.69) is 5.32 Å². The van der Waals surface area contributed by atoms with Crippen molar-refractivity contribution in [2.45, 2.75) is 24.7 Å². The molecule has 0 aromatic heterocycles. The Morgan fingerprint density at radius 2 is 2.05 bits per heavy atom. The zero-order valence-electron chi connectivity index (χ0n) is 11.1. The van der Waals surface area contributed by atoms with Crippen LogP contribution in [0.5, 0.6) is 0 Å². The van der Waals surface area contributed by atoms with Crippen LogP contribution in [0.4, 0.5) is 4.39 Å². The quantitative estimate of drug-likeness (QED) is 0.728. The van der Waals surface area contributed by atoms with E-state index in [4.69, 9.17) is 0 Å². The number of aliphatic hydroxyl groups excluding tert-OH is 2. The number of halogens is 1. The second-order valence-electron chi connectivity index (χ2n) is 5.08. The number of nitrogens with zero attached hydrogens (tertiary/aromatic N) is 1. The maximum Gasteiger partial charge on any atom is 0.123 e. The minimum absolute atomic E-state index is 0.0746. The van der Waals surface area contributed by atoms with Gasteiger partial charge in [0.05, 0.1) is 12.2 Å². The Balaban J connectivity index is 1.90. The van der Waals surface area contributed by atoms with Crippen molar-refractivity contribution in [2.75, 3.05) is 26.7 Å². The van der Waals surface area contributed by atoms with Crippen LogP contribution in [-0.2, 0) is 0 Å². The molecule has 5 heteroatoms. The molecule has 0 bridgehead atoms. The van der Waals surface area contributed by atoms with Crippen molar-refractivity contribution in [3.63, 3.8) is 0 Å². The summed E-state index contributed by atoms with van der Waals surface area (Å²) in [5.74, 6) is -0.232. The molecule has 1 aromatic rings. The highest BCUT2D eigenvalue weighted by atomic mass is 19.1. The maximum atomic E-state index is 13.2. The molecule has 1 aromatic carbocycles. The van der Waals surface area contributed by atoms with Crippen LogP contribution in [0.25, 0.3) is 0 Å². The summed E-state index contributed by atoms with van der Waals surface area (Å²) in [7, 11) is 1.85. The highest BCUT2D eigenvalue weighted by molar-refractivity contribution is 5.20. The van der Waals surface area contributed by atoms with Gasteiger partial charge in [0, 0.05) is 25.7 Å². The average molecular weight is 268 g/mol. The summed E-state index contributed by atoms with van der Waals surface area (Å²) in [5.41, 5.74) is 0.919. The number of aliphatic hydroxyl groups is 2. The molecule has 2 rings (SSSR count). The Hall–Kier alpha value is -1.01. The number of nitrogens with one attached hydrogen (secondary N) is 1. The van der Waals surface area contributed by atoms with Gasteiger partial charge in [0.15, 0.2) is 0 Å². The molecule has 3 N–H and O–H groups in total. The summed E-state index contributed by atoms with van der Waals surface area (Å²) in [5, 5.41) is 22.1. The van der Waals surface area contributed by atoms with Crippen LogP contribution in [0.2, 0.25) is 0 Å².